The van der Waals surface area contributed by atoms with E-state index in [4.69, 9.17) is 0 Å². The van der Waals surface area contributed by atoms with Crippen molar-refractivity contribution in [1.29, 1.82) is 0 Å². The van der Waals surface area contributed by atoms with Crippen molar-refractivity contribution in [3.05, 3.63) is 50.2 Å². The first-order chi connectivity index (χ1) is 9.97. The highest BCUT2D eigenvalue weighted by Crippen LogP contribution is 2.26. The van der Waals surface area contributed by atoms with Crippen molar-refractivity contribution < 1.29 is 9.72 Å². The van der Waals surface area contributed by atoms with Gasteiger partial charge in [-0.05, 0) is 23.9 Å². The monoisotopic (exact) mass is 305 g/mol. The van der Waals surface area contributed by atoms with Gasteiger partial charge in [-0.2, -0.15) is 0 Å². The lowest BCUT2D eigenvalue weighted by molar-refractivity contribution is -0.384. The largest absolute Gasteiger partial charge is 0.380 e. The smallest absolute Gasteiger partial charge is 0.271 e. The molecule has 2 rings (SSSR count). The van der Waals surface area contributed by atoms with Crippen molar-refractivity contribution >= 4 is 34.3 Å². The fraction of sp³-hybridized carbons (Fsp3) is 0.214. The molecule has 6 nitrogen and oxygen atoms in total. The van der Waals surface area contributed by atoms with Gasteiger partial charge < -0.3 is 10.6 Å². The van der Waals surface area contributed by atoms with E-state index in [-0.39, 0.29) is 11.6 Å². The van der Waals surface area contributed by atoms with Gasteiger partial charge in [0.25, 0.3) is 5.69 Å². The number of nitrogens with one attached hydrogen (secondary N) is 2. The third-order valence-corrected chi connectivity index (χ3v) is 3.85. The minimum Gasteiger partial charge on any atom is -0.380 e. The summed E-state index contributed by atoms with van der Waals surface area (Å²) in [7, 11) is 0. The summed E-state index contributed by atoms with van der Waals surface area (Å²) in [5, 5.41) is 18.6. The number of nitro groups is 1. The van der Waals surface area contributed by atoms with Gasteiger partial charge in [0.15, 0.2) is 0 Å². The molecule has 110 valence electrons. The summed E-state index contributed by atoms with van der Waals surface area (Å²) in [6, 6.07) is 6.54. The van der Waals surface area contributed by atoms with Gasteiger partial charge in [-0.3, -0.25) is 14.9 Å². The molecule has 0 aliphatic rings. The average Bonchev–Trinajstić information content (AvgIpc) is 2.84. The Bertz CT molecular complexity index is 682. The molecular weight excluding hydrogens is 290 g/mol. The second-order valence-corrected chi connectivity index (χ2v) is 5.55. The highest BCUT2D eigenvalue weighted by atomic mass is 32.1. The fourth-order valence-corrected chi connectivity index (χ4v) is 2.64. The second-order valence-electron chi connectivity index (χ2n) is 4.55. The molecule has 0 spiro atoms. The Morgan fingerprint density at radius 1 is 1.33 bits per heavy atom. The predicted octanol–water partition coefficient (Wildman–Crippen LogP) is 3.54. The Morgan fingerprint density at radius 2 is 2.10 bits per heavy atom. The molecule has 7 heteroatoms. The van der Waals surface area contributed by atoms with Gasteiger partial charge in [-0.25, -0.2) is 0 Å². The maximum absolute atomic E-state index is 11.1. The molecule has 0 saturated heterocycles. The van der Waals surface area contributed by atoms with Crippen molar-refractivity contribution in [2.24, 2.45) is 0 Å². The Hall–Kier alpha value is -2.41. The zero-order chi connectivity index (χ0) is 15.4. The standard InChI is InChI=1S/C14H15N3O3S/c1-9-3-4-11(17(19)20)7-13(9)15-8-14-12(5-6-21-14)16-10(2)18/h3-7,15H,8H2,1-2H3,(H,16,18). The molecule has 21 heavy (non-hydrogen) atoms. The van der Waals surface area contributed by atoms with Gasteiger partial charge in [-0.1, -0.05) is 6.07 Å². The number of hydrogen-bond acceptors (Lipinski definition) is 5. The average molecular weight is 305 g/mol. The number of nitro benzene ring substituents is 1. The summed E-state index contributed by atoms with van der Waals surface area (Å²) in [4.78, 5) is 22.5. The van der Waals surface area contributed by atoms with E-state index >= 15 is 0 Å². The van der Waals surface area contributed by atoms with E-state index in [2.05, 4.69) is 10.6 Å². The number of nitrogens with zero attached hydrogens (tertiary/aromatic N) is 1. The summed E-state index contributed by atoms with van der Waals surface area (Å²) >= 11 is 1.52. The molecule has 1 aromatic heterocycles. The molecule has 2 aromatic rings. The van der Waals surface area contributed by atoms with Gasteiger partial charge >= 0.3 is 0 Å². The van der Waals surface area contributed by atoms with Crippen LogP contribution in [0.1, 0.15) is 17.4 Å². The van der Waals surface area contributed by atoms with Crippen LogP contribution in [-0.4, -0.2) is 10.8 Å². The van der Waals surface area contributed by atoms with Gasteiger partial charge in [0.2, 0.25) is 5.91 Å². The number of hydrogen-bond donors (Lipinski definition) is 2. The lowest BCUT2D eigenvalue weighted by Crippen LogP contribution is -2.08. The van der Waals surface area contributed by atoms with Crippen LogP contribution in [-0.2, 0) is 11.3 Å². The first-order valence-electron chi connectivity index (χ1n) is 6.30. The molecule has 0 fully saturated rings. The van der Waals surface area contributed by atoms with E-state index in [1.54, 1.807) is 6.07 Å². The molecule has 0 radical (unpaired) electrons. The zero-order valence-corrected chi connectivity index (χ0v) is 12.5. The van der Waals surface area contributed by atoms with E-state index in [1.165, 1.54) is 30.4 Å². The third-order valence-electron chi connectivity index (χ3n) is 2.93. The molecule has 1 amide bonds. The molecule has 2 N–H and O–H groups in total. The molecule has 0 unspecified atom stereocenters. The summed E-state index contributed by atoms with van der Waals surface area (Å²) in [6.07, 6.45) is 0. The van der Waals surface area contributed by atoms with E-state index in [0.717, 1.165) is 16.1 Å². The van der Waals surface area contributed by atoms with Crippen molar-refractivity contribution in [3.63, 3.8) is 0 Å². The van der Waals surface area contributed by atoms with Crippen molar-refractivity contribution in [1.82, 2.24) is 0 Å². The Kier molecular flexibility index (Phi) is 4.54. The van der Waals surface area contributed by atoms with Crippen LogP contribution in [0.25, 0.3) is 0 Å². The molecule has 0 aliphatic carbocycles. The fourth-order valence-electron chi connectivity index (χ4n) is 1.87. The summed E-state index contributed by atoms with van der Waals surface area (Å²) in [5.74, 6) is -0.124. The number of aryl methyl sites for hydroxylation is 1. The highest BCUT2D eigenvalue weighted by Gasteiger charge is 2.10. The van der Waals surface area contributed by atoms with Crippen LogP contribution >= 0.6 is 11.3 Å². The van der Waals surface area contributed by atoms with E-state index in [1.807, 2.05) is 18.4 Å². The first kappa shape index (κ1) is 15.0. The van der Waals surface area contributed by atoms with Crippen molar-refractivity contribution in [2.45, 2.75) is 20.4 Å². The number of amides is 1. The van der Waals surface area contributed by atoms with Gasteiger partial charge in [0.1, 0.15) is 0 Å². The number of carbonyl (C=O) groups excluding carboxylic acids is 1. The van der Waals surface area contributed by atoms with Gasteiger partial charge in [0, 0.05) is 29.6 Å². The van der Waals surface area contributed by atoms with Crippen LogP contribution in [0, 0.1) is 17.0 Å². The molecule has 0 bridgehead atoms. The first-order valence-corrected chi connectivity index (χ1v) is 7.18. The second kappa shape index (κ2) is 6.36. The number of thiophene rings is 1. The van der Waals surface area contributed by atoms with Crippen LogP contribution in [0.15, 0.2) is 29.6 Å². The minimum atomic E-state index is -0.418. The van der Waals surface area contributed by atoms with Crippen molar-refractivity contribution in [3.8, 4) is 0 Å². The predicted molar refractivity (Wildman–Crippen MR) is 83.8 cm³/mol. The molecule has 0 saturated carbocycles. The summed E-state index contributed by atoms with van der Waals surface area (Å²) < 4.78 is 0. The lowest BCUT2D eigenvalue weighted by Gasteiger charge is -2.10. The normalized spacial score (nSPS) is 10.2. The number of benzene rings is 1. The minimum absolute atomic E-state index is 0.0522. The maximum Gasteiger partial charge on any atom is 0.271 e. The number of rotatable bonds is 5. The highest BCUT2D eigenvalue weighted by molar-refractivity contribution is 7.10. The molecular formula is C14H15N3O3S. The SMILES string of the molecule is CC(=O)Nc1ccsc1CNc1cc([N+](=O)[O-])ccc1C. The van der Waals surface area contributed by atoms with E-state index < -0.39 is 4.92 Å². The van der Waals surface area contributed by atoms with Crippen LogP contribution in [0.4, 0.5) is 17.1 Å². The third kappa shape index (κ3) is 3.79. The van der Waals surface area contributed by atoms with Crippen molar-refractivity contribution in [2.75, 3.05) is 10.6 Å². The Balaban J connectivity index is 2.13. The molecule has 1 aromatic carbocycles. The number of anilines is 2. The topological polar surface area (TPSA) is 84.3 Å². The molecule has 1 heterocycles. The Labute approximate surface area is 126 Å². The molecule has 0 aliphatic heterocycles. The Morgan fingerprint density at radius 3 is 2.76 bits per heavy atom. The van der Waals surface area contributed by atoms with Crippen LogP contribution in [0.5, 0.6) is 0 Å². The number of non-ortho nitro benzene ring substituents is 1. The van der Waals surface area contributed by atoms with Gasteiger partial charge in [-0.15, -0.1) is 11.3 Å². The van der Waals surface area contributed by atoms with E-state index in [9.17, 15) is 14.9 Å². The van der Waals surface area contributed by atoms with Crippen LogP contribution in [0.3, 0.4) is 0 Å². The van der Waals surface area contributed by atoms with Crippen LogP contribution in [0.2, 0.25) is 0 Å². The number of carbonyl (C=O) groups is 1. The quantitative estimate of drug-likeness (QED) is 0.653. The van der Waals surface area contributed by atoms with Gasteiger partial charge in [0.05, 0.1) is 17.2 Å². The molecule has 0 atom stereocenters. The summed E-state index contributed by atoms with van der Waals surface area (Å²) in [6.45, 7) is 3.84. The van der Waals surface area contributed by atoms with Crippen LogP contribution < -0.4 is 10.6 Å². The lowest BCUT2D eigenvalue weighted by atomic mass is 10.2. The zero-order valence-electron chi connectivity index (χ0n) is 11.7. The van der Waals surface area contributed by atoms with E-state index in [0.29, 0.717) is 12.2 Å². The maximum atomic E-state index is 11.1. The summed E-state index contributed by atoms with van der Waals surface area (Å²) in [5.41, 5.74) is 2.46.